The first kappa shape index (κ1) is 12.4. The largest absolute Gasteiger partial charge is 0.313 e. The summed E-state index contributed by atoms with van der Waals surface area (Å²) in [6.07, 6.45) is 9.49. The van der Waals surface area contributed by atoms with E-state index < -0.39 is 9.84 Å². The number of hydrogen-bond donors (Lipinski definition) is 1. The van der Waals surface area contributed by atoms with Crippen LogP contribution in [0.25, 0.3) is 0 Å². The SMILES string of the molecule is CS(=O)(=O)C1CCCCC1NCCC1CC1. The van der Waals surface area contributed by atoms with E-state index in [0.29, 0.717) is 0 Å². The molecule has 16 heavy (non-hydrogen) atoms. The maximum absolute atomic E-state index is 11.7. The van der Waals surface area contributed by atoms with Crippen LogP contribution >= 0.6 is 0 Å². The van der Waals surface area contributed by atoms with Gasteiger partial charge in [-0.3, -0.25) is 0 Å². The van der Waals surface area contributed by atoms with E-state index in [9.17, 15) is 8.42 Å². The lowest BCUT2D eigenvalue weighted by Gasteiger charge is -2.31. The zero-order chi connectivity index (χ0) is 11.6. The van der Waals surface area contributed by atoms with Crippen molar-refractivity contribution in [2.75, 3.05) is 12.8 Å². The fourth-order valence-electron chi connectivity index (χ4n) is 2.72. The van der Waals surface area contributed by atoms with Crippen molar-refractivity contribution >= 4 is 9.84 Å². The molecule has 2 atom stereocenters. The van der Waals surface area contributed by atoms with Crippen molar-refractivity contribution < 1.29 is 8.42 Å². The van der Waals surface area contributed by atoms with E-state index in [-0.39, 0.29) is 11.3 Å². The van der Waals surface area contributed by atoms with E-state index in [1.165, 1.54) is 31.9 Å². The summed E-state index contributed by atoms with van der Waals surface area (Å²) in [5.41, 5.74) is 0. The Morgan fingerprint density at radius 1 is 1.12 bits per heavy atom. The summed E-state index contributed by atoms with van der Waals surface area (Å²) in [7, 11) is -2.87. The molecule has 4 heteroatoms. The van der Waals surface area contributed by atoms with E-state index in [2.05, 4.69) is 5.32 Å². The van der Waals surface area contributed by atoms with Crippen LogP contribution in [0.2, 0.25) is 0 Å². The Bertz CT molecular complexity index is 322. The third-order valence-corrected chi connectivity index (χ3v) is 5.57. The molecule has 0 saturated heterocycles. The summed E-state index contributed by atoms with van der Waals surface area (Å²) in [5.74, 6) is 0.924. The average Bonchev–Trinajstić information content (AvgIpc) is 3.01. The number of sulfone groups is 1. The van der Waals surface area contributed by atoms with Gasteiger partial charge in [-0.1, -0.05) is 25.7 Å². The monoisotopic (exact) mass is 245 g/mol. The molecule has 0 radical (unpaired) electrons. The molecule has 0 bridgehead atoms. The molecule has 2 aliphatic rings. The molecule has 0 aromatic heterocycles. The van der Waals surface area contributed by atoms with Crippen LogP contribution < -0.4 is 5.32 Å². The molecular formula is C12H23NO2S. The van der Waals surface area contributed by atoms with Crippen LogP contribution in [0, 0.1) is 5.92 Å². The standard InChI is InChI=1S/C12H23NO2S/c1-16(14,15)12-5-3-2-4-11(12)13-9-8-10-6-7-10/h10-13H,2-9H2,1H3. The van der Waals surface area contributed by atoms with Crippen molar-refractivity contribution in [3.63, 3.8) is 0 Å². The van der Waals surface area contributed by atoms with Gasteiger partial charge in [-0.25, -0.2) is 8.42 Å². The van der Waals surface area contributed by atoms with Gasteiger partial charge >= 0.3 is 0 Å². The second-order valence-electron chi connectivity index (χ2n) is 5.45. The molecule has 0 aliphatic heterocycles. The molecule has 3 nitrogen and oxygen atoms in total. The highest BCUT2D eigenvalue weighted by Gasteiger charge is 2.32. The highest BCUT2D eigenvalue weighted by molar-refractivity contribution is 7.91. The molecule has 2 rings (SSSR count). The van der Waals surface area contributed by atoms with Crippen LogP contribution in [0.3, 0.4) is 0 Å². The van der Waals surface area contributed by atoms with Crippen LogP contribution in [0.5, 0.6) is 0 Å². The van der Waals surface area contributed by atoms with Crippen molar-refractivity contribution in [3.05, 3.63) is 0 Å². The van der Waals surface area contributed by atoms with Crippen molar-refractivity contribution in [3.8, 4) is 0 Å². The fraction of sp³-hybridized carbons (Fsp3) is 1.00. The normalized spacial score (nSPS) is 31.6. The van der Waals surface area contributed by atoms with E-state index in [1.807, 2.05) is 0 Å². The summed E-state index contributed by atoms with van der Waals surface area (Å²) in [4.78, 5) is 0. The zero-order valence-corrected chi connectivity index (χ0v) is 10.9. The second kappa shape index (κ2) is 5.05. The summed E-state index contributed by atoms with van der Waals surface area (Å²) in [5, 5.41) is 3.33. The summed E-state index contributed by atoms with van der Waals surface area (Å²) < 4.78 is 23.3. The first-order valence-electron chi connectivity index (χ1n) is 6.49. The van der Waals surface area contributed by atoms with Gasteiger partial charge in [0.15, 0.2) is 9.84 Å². The zero-order valence-electron chi connectivity index (χ0n) is 10.1. The lowest BCUT2D eigenvalue weighted by Crippen LogP contribution is -2.46. The topological polar surface area (TPSA) is 46.2 Å². The molecule has 94 valence electrons. The Morgan fingerprint density at radius 3 is 2.44 bits per heavy atom. The van der Waals surface area contributed by atoms with Gasteiger partial charge in [-0.05, 0) is 31.7 Å². The van der Waals surface area contributed by atoms with Crippen molar-refractivity contribution in [2.24, 2.45) is 5.92 Å². The quantitative estimate of drug-likeness (QED) is 0.802. The molecular weight excluding hydrogens is 222 g/mol. The molecule has 0 heterocycles. The minimum Gasteiger partial charge on any atom is -0.313 e. The van der Waals surface area contributed by atoms with E-state index >= 15 is 0 Å². The van der Waals surface area contributed by atoms with Crippen molar-refractivity contribution in [2.45, 2.75) is 56.2 Å². The smallest absolute Gasteiger partial charge is 0.151 e. The fourth-order valence-corrected chi connectivity index (χ4v) is 4.15. The van der Waals surface area contributed by atoms with Gasteiger partial charge < -0.3 is 5.32 Å². The molecule has 2 fully saturated rings. The number of nitrogens with one attached hydrogen (secondary N) is 1. The summed E-state index contributed by atoms with van der Waals surface area (Å²) in [6, 6.07) is 0.211. The highest BCUT2D eigenvalue weighted by atomic mass is 32.2. The third-order valence-electron chi connectivity index (χ3n) is 3.91. The number of rotatable bonds is 5. The predicted molar refractivity (Wildman–Crippen MR) is 66.2 cm³/mol. The lowest BCUT2D eigenvalue weighted by atomic mass is 9.95. The summed E-state index contributed by atoms with van der Waals surface area (Å²) in [6.45, 7) is 1.00. The van der Waals surface area contributed by atoms with Gasteiger partial charge in [-0.2, -0.15) is 0 Å². The Kier molecular flexibility index (Phi) is 3.90. The molecule has 1 N–H and O–H groups in total. The van der Waals surface area contributed by atoms with Crippen LogP contribution in [-0.2, 0) is 9.84 Å². The van der Waals surface area contributed by atoms with Gasteiger partial charge in [0.1, 0.15) is 0 Å². The molecule has 0 aromatic rings. The van der Waals surface area contributed by atoms with Crippen LogP contribution in [0.15, 0.2) is 0 Å². The molecule has 0 aromatic carbocycles. The predicted octanol–water partition coefficient (Wildman–Crippen LogP) is 1.73. The van der Waals surface area contributed by atoms with Crippen molar-refractivity contribution in [1.29, 1.82) is 0 Å². The van der Waals surface area contributed by atoms with E-state index in [0.717, 1.165) is 31.7 Å². The molecule has 2 unspecified atom stereocenters. The highest BCUT2D eigenvalue weighted by Crippen LogP contribution is 2.32. The van der Waals surface area contributed by atoms with Crippen LogP contribution in [0.4, 0.5) is 0 Å². The van der Waals surface area contributed by atoms with Gasteiger partial charge in [0.05, 0.1) is 5.25 Å². The first-order valence-corrected chi connectivity index (χ1v) is 8.45. The molecule has 0 spiro atoms. The minimum atomic E-state index is -2.87. The first-order chi connectivity index (χ1) is 7.57. The van der Waals surface area contributed by atoms with Gasteiger partial charge in [0, 0.05) is 12.3 Å². The minimum absolute atomic E-state index is 0.138. The van der Waals surface area contributed by atoms with Crippen LogP contribution in [0.1, 0.15) is 44.9 Å². The maximum atomic E-state index is 11.7. The third kappa shape index (κ3) is 3.45. The van der Waals surface area contributed by atoms with Gasteiger partial charge in [0.2, 0.25) is 0 Å². The maximum Gasteiger partial charge on any atom is 0.151 e. The Morgan fingerprint density at radius 2 is 1.81 bits per heavy atom. The van der Waals surface area contributed by atoms with Gasteiger partial charge in [-0.15, -0.1) is 0 Å². The molecule has 2 aliphatic carbocycles. The van der Waals surface area contributed by atoms with Crippen LogP contribution in [-0.4, -0.2) is 32.5 Å². The lowest BCUT2D eigenvalue weighted by molar-refractivity contribution is 0.368. The Hall–Kier alpha value is -0.0900. The van der Waals surface area contributed by atoms with Gasteiger partial charge in [0.25, 0.3) is 0 Å². The second-order valence-corrected chi connectivity index (χ2v) is 7.71. The Labute approximate surface area is 98.9 Å². The Balaban J connectivity index is 1.83. The average molecular weight is 245 g/mol. The molecule has 0 amide bonds. The molecule has 2 saturated carbocycles. The van der Waals surface area contributed by atoms with E-state index in [4.69, 9.17) is 0 Å². The van der Waals surface area contributed by atoms with E-state index in [1.54, 1.807) is 0 Å². The number of hydrogen-bond acceptors (Lipinski definition) is 3. The summed E-state index contributed by atoms with van der Waals surface area (Å²) >= 11 is 0. The van der Waals surface area contributed by atoms with Crippen molar-refractivity contribution in [1.82, 2.24) is 5.32 Å².